The second-order valence-corrected chi connectivity index (χ2v) is 5.59. The van der Waals surface area contributed by atoms with Crippen molar-refractivity contribution in [2.75, 3.05) is 0 Å². The van der Waals surface area contributed by atoms with E-state index in [0.29, 0.717) is 16.7 Å². The molecule has 0 aliphatic heterocycles. The van der Waals surface area contributed by atoms with E-state index in [1.807, 2.05) is 53.8 Å². The SMILES string of the molecule is CC(=O)c1cc(C)cc2c1nc(-c1ccccc1)n1cnnc21. The molecule has 2 aromatic carbocycles. The minimum atomic E-state index is -0.00548. The number of aryl methyl sites for hydroxylation is 1. The van der Waals surface area contributed by atoms with Crippen LogP contribution in [-0.4, -0.2) is 25.4 Å². The molecular formula is C18H14N4O. The first-order chi connectivity index (χ1) is 11.1. The molecule has 0 radical (unpaired) electrons. The van der Waals surface area contributed by atoms with Crippen molar-refractivity contribution in [3.8, 4) is 11.4 Å². The number of carbonyl (C=O) groups is 1. The van der Waals surface area contributed by atoms with Crippen LogP contribution in [0.25, 0.3) is 27.9 Å². The number of nitrogens with zero attached hydrogens (tertiary/aromatic N) is 4. The van der Waals surface area contributed by atoms with E-state index in [1.165, 1.54) is 0 Å². The maximum Gasteiger partial charge on any atom is 0.171 e. The van der Waals surface area contributed by atoms with E-state index in [0.717, 1.165) is 22.3 Å². The number of ketones is 1. The molecule has 0 aliphatic carbocycles. The van der Waals surface area contributed by atoms with Gasteiger partial charge in [-0.25, -0.2) is 4.98 Å². The zero-order valence-electron chi connectivity index (χ0n) is 12.8. The molecule has 0 saturated heterocycles. The van der Waals surface area contributed by atoms with Crippen LogP contribution >= 0.6 is 0 Å². The van der Waals surface area contributed by atoms with Crippen molar-refractivity contribution in [2.45, 2.75) is 13.8 Å². The fraction of sp³-hybridized carbons (Fsp3) is 0.111. The molecular weight excluding hydrogens is 288 g/mol. The maximum atomic E-state index is 12.1. The molecule has 0 N–H and O–H groups in total. The van der Waals surface area contributed by atoms with Crippen LogP contribution in [0.5, 0.6) is 0 Å². The van der Waals surface area contributed by atoms with Crippen LogP contribution in [0.3, 0.4) is 0 Å². The van der Waals surface area contributed by atoms with Crippen molar-refractivity contribution < 1.29 is 4.79 Å². The molecule has 4 aromatic rings. The number of Topliss-reactive ketones (excluding diaryl/α,β-unsaturated/α-hetero) is 1. The molecule has 0 unspecified atom stereocenters. The molecule has 2 heterocycles. The fourth-order valence-electron chi connectivity index (χ4n) is 2.86. The molecule has 0 amide bonds. The quantitative estimate of drug-likeness (QED) is 0.532. The largest absolute Gasteiger partial charge is 0.294 e. The van der Waals surface area contributed by atoms with Crippen LogP contribution in [0.2, 0.25) is 0 Å². The number of fused-ring (bicyclic) bond motifs is 3. The lowest BCUT2D eigenvalue weighted by atomic mass is 10.0. The van der Waals surface area contributed by atoms with Gasteiger partial charge in [-0.1, -0.05) is 30.3 Å². The number of hydrogen-bond acceptors (Lipinski definition) is 4. The van der Waals surface area contributed by atoms with Crippen LogP contribution in [0.4, 0.5) is 0 Å². The Morgan fingerprint density at radius 3 is 2.65 bits per heavy atom. The van der Waals surface area contributed by atoms with E-state index in [-0.39, 0.29) is 5.78 Å². The van der Waals surface area contributed by atoms with Crippen molar-refractivity contribution in [1.29, 1.82) is 0 Å². The normalized spacial score (nSPS) is 11.2. The summed E-state index contributed by atoms with van der Waals surface area (Å²) in [6.45, 7) is 3.52. The molecule has 112 valence electrons. The second kappa shape index (κ2) is 4.98. The van der Waals surface area contributed by atoms with Gasteiger partial charge in [-0.05, 0) is 31.5 Å². The molecule has 0 spiro atoms. The number of rotatable bonds is 2. The van der Waals surface area contributed by atoms with Gasteiger partial charge in [0.15, 0.2) is 11.4 Å². The monoisotopic (exact) mass is 302 g/mol. The maximum absolute atomic E-state index is 12.1. The van der Waals surface area contributed by atoms with E-state index < -0.39 is 0 Å². The number of benzene rings is 2. The van der Waals surface area contributed by atoms with Crippen molar-refractivity contribution >= 4 is 22.3 Å². The van der Waals surface area contributed by atoms with Gasteiger partial charge in [0.2, 0.25) is 0 Å². The number of carbonyl (C=O) groups excluding carboxylic acids is 1. The highest BCUT2D eigenvalue weighted by Crippen LogP contribution is 2.27. The first-order valence-electron chi connectivity index (χ1n) is 7.35. The minimum absolute atomic E-state index is 0.00548. The number of aromatic nitrogens is 4. The zero-order valence-corrected chi connectivity index (χ0v) is 12.8. The summed E-state index contributed by atoms with van der Waals surface area (Å²) in [5, 5.41) is 9.11. The van der Waals surface area contributed by atoms with Gasteiger partial charge in [0.1, 0.15) is 12.2 Å². The second-order valence-electron chi connectivity index (χ2n) is 5.59. The summed E-state index contributed by atoms with van der Waals surface area (Å²) in [4.78, 5) is 16.8. The van der Waals surface area contributed by atoms with Gasteiger partial charge in [-0.2, -0.15) is 0 Å². The Kier molecular flexibility index (Phi) is 2.94. The Morgan fingerprint density at radius 1 is 1.13 bits per heavy atom. The van der Waals surface area contributed by atoms with E-state index in [2.05, 4.69) is 10.2 Å². The highest BCUT2D eigenvalue weighted by Gasteiger charge is 2.16. The van der Waals surface area contributed by atoms with E-state index in [4.69, 9.17) is 4.98 Å². The molecule has 0 saturated carbocycles. The lowest BCUT2D eigenvalue weighted by Gasteiger charge is -2.10. The average molecular weight is 302 g/mol. The van der Waals surface area contributed by atoms with Gasteiger partial charge >= 0.3 is 0 Å². The fourth-order valence-corrected chi connectivity index (χ4v) is 2.86. The molecule has 23 heavy (non-hydrogen) atoms. The average Bonchev–Trinajstić information content (AvgIpc) is 3.04. The highest BCUT2D eigenvalue weighted by atomic mass is 16.1. The molecule has 5 nitrogen and oxygen atoms in total. The molecule has 4 rings (SSSR count). The van der Waals surface area contributed by atoms with Gasteiger partial charge in [-0.3, -0.25) is 9.20 Å². The Hall–Kier alpha value is -3.08. The molecule has 0 bridgehead atoms. The Balaban J connectivity index is 2.20. The standard InChI is InChI=1S/C18H14N4O/c1-11-8-14(12(2)23)16-15(9-11)18-21-19-10-22(18)17(20-16)13-6-4-3-5-7-13/h3-10H,1-2H3. The van der Waals surface area contributed by atoms with E-state index >= 15 is 0 Å². The van der Waals surface area contributed by atoms with Crippen molar-refractivity contribution in [2.24, 2.45) is 0 Å². The van der Waals surface area contributed by atoms with Crippen LogP contribution in [-0.2, 0) is 0 Å². The Morgan fingerprint density at radius 2 is 1.91 bits per heavy atom. The van der Waals surface area contributed by atoms with Crippen LogP contribution in [0.15, 0.2) is 48.8 Å². The topological polar surface area (TPSA) is 60.2 Å². The first-order valence-corrected chi connectivity index (χ1v) is 7.35. The predicted octanol–water partition coefficient (Wildman–Crippen LogP) is 3.46. The summed E-state index contributed by atoms with van der Waals surface area (Å²) >= 11 is 0. The summed E-state index contributed by atoms with van der Waals surface area (Å²) in [5.41, 5.74) is 3.95. The molecule has 2 aromatic heterocycles. The summed E-state index contributed by atoms with van der Waals surface area (Å²) in [7, 11) is 0. The minimum Gasteiger partial charge on any atom is -0.294 e. The Bertz CT molecular complexity index is 1050. The third-order valence-electron chi connectivity index (χ3n) is 3.90. The molecule has 0 fully saturated rings. The summed E-state index contributed by atoms with van der Waals surface area (Å²) in [6, 6.07) is 13.7. The van der Waals surface area contributed by atoms with E-state index in [9.17, 15) is 4.79 Å². The van der Waals surface area contributed by atoms with E-state index in [1.54, 1.807) is 13.3 Å². The van der Waals surface area contributed by atoms with Gasteiger partial charge in [-0.15, -0.1) is 10.2 Å². The van der Waals surface area contributed by atoms with Crippen molar-refractivity contribution in [1.82, 2.24) is 19.6 Å². The van der Waals surface area contributed by atoms with Gasteiger partial charge in [0, 0.05) is 16.5 Å². The summed E-state index contributed by atoms with van der Waals surface area (Å²) in [5.74, 6) is 0.721. The van der Waals surface area contributed by atoms with Crippen molar-refractivity contribution in [3.05, 3.63) is 59.9 Å². The third kappa shape index (κ3) is 2.09. The third-order valence-corrected chi connectivity index (χ3v) is 3.90. The van der Waals surface area contributed by atoms with Crippen molar-refractivity contribution in [3.63, 3.8) is 0 Å². The lowest BCUT2D eigenvalue weighted by molar-refractivity contribution is 0.101. The zero-order chi connectivity index (χ0) is 16.0. The summed E-state index contributed by atoms with van der Waals surface area (Å²) < 4.78 is 1.86. The van der Waals surface area contributed by atoms with Crippen LogP contribution in [0, 0.1) is 6.92 Å². The number of hydrogen-bond donors (Lipinski definition) is 0. The van der Waals surface area contributed by atoms with Gasteiger partial charge in [0.05, 0.1) is 5.52 Å². The molecule has 0 atom stereocenters. The molecule has 5 heteroatoms. The molecule has 0 aliphatic rings. The predicted molar refractivity (Wildman–Crippen MR) is 88.5 cm³/mol. The lowest BCUT2D eigenvalue weighted by Crippen LogP contribution is -2.02. The summed E-state index contributed by atoms with van der Waals surface area (Å²) in [6.07, 6.45) is 1.65. The first kappa shape index (κ1) is 13.6. The highest BCUT2D eigenvalue weighted by molar-refractivity contribution is 6.09. The van der Waals surface area contributed by atoms with Gasteiger partial charge < -0.3 is 0 Å². The smallest absolute Gasteiger partial charge is 0.171 e. The Labute approximate surface area is 132 Å². The van der Waals surface area contributed by atoms with Crippen LogP contribution < -0.4 is 0 Å². The van der Waals surface area contributed by atoms with Crippen LogP contribution in [0.1, 0.15) is 22.8 Å². The van der Waals surface area contributed by atoms with Gasteiger partial charge in [0.25, 0.3) is 0 Å².